The predicted octanol–water partition coefficient (Wildman–Crippen LogP) is 1.96. The van der Waals surface area contributed by atoms with Crippen LogP contribution in [0.1, 0.15) is 36.0 Å². The molecule has 1 aromatic rings. The molecule has 0 fully saturated rings. The van der Waals surface area contributed by atoms with Gasteiger partial charge >= 0.3 is 0 Å². The van der Waals surface area contributed by atoms with E-state index in [1.165, 1.54) is 0 Å². The van der Waals surface area contributed by atoms with Crippen LogP contribution in [0.4, 0.5) is 0 Å². The standard InChI is InChI=1S/C17H23NO5/c1-21-9-3-8-18-17(20)5-2-4-14(19)13-6-7-15-16(12-13)23-11-10-22-15/h6-7,12H,2-5,8-11H2,1H3,(H,18,20). The maximum atomic E-state index is 12.2. The molecule has 1 heterocycles. The first-order chi connectivity index (χ1) is 11.2. The molecule has 0 aliphatic carbocycles. The number of hydrogen-bond donors (Lipinski definition) is 1. The highest BCUT2D eigenvalue weighted by atomic mass is 16.6. The highest BCUT2D eigenvalue weighted by Gasteiger charge is 2.15. The van der Waals surface area contributed by atoms with E-state index in [2.05, 4.69) is 5.32 Å². The number of hydrogen-bond acceptors (Lipinski definition) is 5. The maximum Gasteiger partial charge on any atom is 0.220 e. The summed E-state index contributed by atoms with van der Waals surface area (Å²) < 4.78 is 15.8. The van der Waals surface area contributed by atoms with Crippen LogP contribution in [0.2, 0.25) is 0 Å². The van der Waals surface area contributed by atoms with E-state index in [1.54, 1.807) is 25.3 Å². The normalized spacial score (nSPS) is 12.7. The fraction of sp³-hybridized carbons (Fsp3) is 0.529. The van der Waals surface area contributed by atoms with E-state index in [1.807, 2.05) is 0 Å². The van der Waals surface area contributed by atoms with Crippen molar-refractivity contribution in [3.05, 3.63) is 23.8 Å². The summed E-state index contributed by atoms with van der Waals surface area (Å²) in [6, 6.07) is 5.20. The van der Waals surface area contributed by atoms with Crippen LogP contribution in [0.15, 0.2) is 18.2 Å². The zero-order chi connectivity index (χ0) is 16.5. The van der Waals surface area contributed by atoms with E-state index in [0.29, 0.717) is 62.7 Å². The highest BCUT2D eigenvalue weighted by Crippen LogP contribution is 2.31. The first-order valence-electron chi connectivity index (χ1n) is 7.89. The van der Waals surface area contributed by atoms with Gasteiger partial charge < -0.3 is 19.5 Å². The maximum absolute atomic E-state index is 12.2. The number of fused-ring (bicyclic) bond motifs is 1. The van der Waals surface area contributed by atoms with Gasteiger partial charge in [0.25, 0.3) is 0 Å². The lowest BCUT2D eigenvalue weighted by Crippen LogP contribution is -2.25. The molecule has 0 bridgehead atoms. The first-order valence-corrected chi connectivity index (χ1v) is 7.89. The molecule has 1 aliphatic heterocycles. The molecule has 0 aromatic heterocycles. The molecule has 0 unspecified atom stereocenters. The minimum Gasteiger partial charge on any atom is -0.486 e. The third-order valence-corrected chi connectivity index (χ3v) is 3.52. The van der Waals surface area contributed by atoms with Crippen molar-refractivity contribution >= 4 is 11.7 Å². The molecular weight excluding hydrogens is 298 g/mol. The Morgan fingerprint density at radius 1 is 1.13 bits per heavy atom. The van der Waals surface area contributed by atoms with Crippen LogP contribution in [0, 0.1) is 0 Å². The van der Waals surface area contributed by atoms with Crippen molar-refractivity contribution in [1.29, 1.82) is 0 Å². The van der Waals surface area contributed by atoms with Crippen molar-refractivity contribution < 1.29 is 23.8 Å². The Kier molecular flexibility index (Phi) is 6.87. The molecular formula is C17H23NO5. The lowest BCUT2D eigenvalue weighted by atomic mass is 10.0. The number of carbonyl (C=O) groups excluding carboxylic acids is 2. The lowest BCUT2D eigenvalue weighted by Gasteiger charge is -2.18. The van der Waals surface area contributed by atoms with Crippen LogP contribution in [-0.4, -0.2) is 45.2 Å². The Balaban J connectivity index is 1.71. The van der Waals surface area contributed by atoms with Gasteiger partial charge in [-0.25, -0.2) is 0 Å². The summed E-state index contributed by atoms with van der Waals surface area (Å²) in [5, 5.41) is 2.81. The molecule has 0 atom stereocenters. The summed E-state index contributed by atoms with van der Waals surface area (Å²) in [6.07, 6.45) is 2.01. The Bertz CT molecular complexity index is 544. The second-order valence-corrected chi connectivity index (χ2v) is 5.33. The van der Waals surface area contributed by atoms with E-state index in [0.717, 1.165) is 6.42 Å². The molecule has 1 aromatic carbocycles. The number of nitrogens with one attached hydrogen (secondary N) is 1. The number of ketones is 1. The summed E-state index contributed by atoms with van der Waals surface area (Å²) in [4.78, 5) is 23.8. The topological polar surface area (TPSA) is 73.9 Å². The Labute approximate surface area is 136 Å². The monoisotopic (exact) mass is 321 g/mol. The quantitative estimate of drug-likeness (QED) is 0.556. The van der Waals surface area contributed by atoms with E-state index in [4.69, 9.17) is 14.2 Å². The number of rotatable bonds is 9. The van der Waals surface area contributed by atoms with E-state index in [9.17, 15) is 9.59 Å². The molecule has 126 valence electrons. The summed E-state index contributed by atoms with van der Waals surface area (Å²) in [5.74, 6) is 1.26. The van der Waals surface area contributed by atoms with Gasteiger partial charge in [-0.1, -0.05) is 0 Å². The molecule has 0 saturated heterocycles. The lowest BCUT2D eigenvalue weighted by molar-refractivity contribution is -0.121. The minimum absolute atomic E-state index is 0.00848. The second kappa shape index (κ2) is 9.15. The van der Waals surface area contributed by atoms with Crippen molar-refractivity contribution in [3.63, 3.8) is 0 Å². The number of carbonyl (C=O) groups is 2. The number of benzene rings is 1. The molecule has 2 rings (SSSR count). The molecule has 0 spiro atoms. The molecule has 1 aliphatic rings. The van der Waals surface area contributed by atoms with Crippen LogP contribution >= 0.6 is 0 Å². The molecule has 6 heteroatoms. The average molecular weight is 321 g/mol. The van der Waals surface area contributed by atoms with E-state index < -0.39 is 0 Å². The van der Waals surface area contributed by atoms with Crippen molar-refractivity contribution in [2.45, 2.75) is 25.7 Å². The largest absolute Gasteiger partial charge is 0.486 e. The fourth-order valence-electron chi connectivity index (χ4n) is 2.30. The number of Topliss-reactive ketones (excluding diaryl/α,β-unsaturated/α-hetero) is 1. The molecule has 1 amide bonds. The smallest absolute Gasteiger partial charge is 0.220 e. The zero-order valence-corrected chi connectivity index (χ0v) is 13.4. The van der Waals surface area contributed by atoms with Crippen LogP contribution in [-0.2, 0) is 9.53 Å². The van der Waals surface area contributed by atoms with Crippen LogP contribution in [0.5, 0.6) is 11.5 Å². The summed E-state index contributed by atoms with van der Waals surface area (Å²) in [7, 11) is 1.63. The highest BCUT2D eigenvalue weighted by molar-refractivity contribution is 5.96. The molecule has 6 nitrogen and oxygen atoms in total. The number of ether oxygens (including phenoxy) is 3. The third kappa shape index (κ3) is 5.56. The SMILES string of the molecule is COCCCNC(=O)CCCC(=O)c1ccc2c(c1)OCCO2. The summed E-state index contributed by atoms with van der Waals surface area (Å²) in [6.45, 7) is 2.25. The van der Waals surface area contributed by atoms with Gasteiger partial charge in [0.2, 0.25) is 5.91 Å². The van der Waals surface area contributed by atoms with Gasteiger partial charge in [0.1, 0.15) is 13.2 Å². The Morgan fingerprint density at radius 3 is 2.70 bits per heavy atom. The summed E-state index contributed by atoms with van der Waals surface area (Å²) >= 11 is 0. The Hall–Kier alpha value is -2.08. The molecule has 23 heavy (non-hydrogen) atoms. The van der Waals surface area contributed by atoms with Gasteiger partial charge in [0.05, 0.1) is 0 Å². The van der Waals surface area contributed by atoms with E-state index >= 15 is 0 Å². The van der Waals surface area contributed by atoms with Crippen molar-refractivity contribution in [2.24, 2.45) is 0 Å². The second-order valence-electron chi connectivity index (χ2n) is 5.33. The molecule has 0 saturated carbocycles. The van der Waals surface area contributed by atoms with Gasteiger partial charge in [0.15, 0.2) is 17.3 Å². The van der Waals surface area contributed by atoms with Gasteiger partial charge in [-0.2, -0.15) is 0 Å². The van der Waals surface area contributed by atoms with Gasteiger partial charge in [-0.3, -0.25) is 9.59 Å². The van der Waals surface area contributed by atoms with E-state index in [-0.39, 0.29) is 11.7 Å². The predicted molar refractivity (Wildman–Crippen MR) is 85.1 cm³/mol. The average Bonchev–Trinajstić information content (AvgIpc) is 2.58. The zero-order valence-electron chi connectivity index (χ0n) is 13.4. The van der Waals surface area contributed by atoms with Gasteiger partial charge in [-0.15, -0.1) is 0 Å². The first kappa shape index (κ1) is 17.3. The van der Waals surface area contributed by atoms with Crippen molar-refractivity contribution in [3.8, 4) is 11.5 Å². The number of amides is 1. The summed E-state index contributed by atoms with van der Waals surface area (Å²) in [5.41, 5.74) is 0.592. The Morgan fingerprint density at radius 2 is 1.91 bits per heavy atom. The minimum atomic E-state index is -0.0314. The fourth-order valence-corrected chi connectivity index (χ4v) is 2.30. The third-order valence-electron chi connectivity index (χ3n) is 3.52. The van der Waals surface area contributed by atoms with Crippen molar-refractivity contribution in [1.82, 2.24) is 5.32 Å². The van der Waals surface area contributed by atoms with Crippen LogP contribution in [0.25, 0.3) is 0 Å². The van der Waals surface area contributed by atoms with Crippen molar-refractivity contribution in [2.75, 3.05) is 33.5 Å². The van der Waals surface area contributed by atoms with Crippen LogP contribution in [0.3, 0.4) is 0 Å². The molecule has 1 N–H and O–H groups in total. The number of methoxy groups -OCH3 is 1. The van der Waals surface area contributed by atoms with Gasteiger partial charge in [0, 0.05) is 38.7 Å². The van der Waals surface area contributed by atoms with Crippen LogP contribution < -0.4 is 14.8 Å². The van der Waals surface area contributed by atoms with Gasteiger partial charge in [-0.05, 0) is 31.0 Å². The molecule has 0 radical (unpaired) electrons.